The maximum atomic E-state index is 12.6. The molecule has 1 aromatic heterocycles. The Kier molecular flexibility index (Phi) is 4.63. The highest BCUT2D eigenvalue weighted by Crippen LogP contribution is 2.33. The summed E-state index contributed by atoms with van der Waals surface area (Å²) in [7, 11) is 0. The van der Waals surface area contributed by atoms with Gasteiger partial charge in [0, 0.05) is 0 Å². The first-order chi connectivity index (χ1) is 10.6. The Bertz CT molecular complexity index is 623. The fourth-order valence-electron chi connectivity index (χ4n) is 2.95. The van der Waals surface area contributed by atoms with Crippen LogP contribution in [0.2, 0.25) is 0 Å². The zero-order chi connectivity index (χ0) is 17.3. The van der Waals surface area contributed by atoms with Crippen LogP contribution in [0.3, 0.4) is 0 Å². The minimum atomic E-state index is -4.57. The smallest absolute Gasteiger partial charge is 0.433 e. The molecule has 0 atom stereocenters. The van der Waals surface area contributed by atoms with E-state index in [-0.39, 0.29) is 17.7 Å². The molecule has 0 spiro atoms. The van der Waals surface area contributed by atoms with Crippen LogP contribution in [0.4, 0.5) is 13.2 Å². The summed E-state index contributed by atoms with van der Waals surface area (Å²) < 4.78 is 37.8. The fourth-order valence-corrected chi connectivity index (χ4v) is 2.95. The molecular weight excluding hydrogens is 313 g/mol. The molecule has 1 aliphatic carbocycles. The van der Waals surface area contributed by atoms with Gasteiger partial charge >= 0.3 is 12.1 Å². The summed E-state index contributed by atoms with van der Waals surface area (Å²) in [5, 5.41) is 11.7. The number of aromatic nitrogens is 1. The predicted molar refractivity (Wildman–Crippen MR) is 74.9 cm³/mol. The average Bonchev–Trinajstić information content (AvgIpc) is 2.84. The quantitative estimate of drug-likeness (QED) is 0.889. The molecule has 1 aromatic rings. The van der Waals surface area contributed by atoms with E-state index in [1.165, 1.54) is 6.92 Å². The highest BCUT2D eigenvalue weighted by Gasteiger charge is 2.38. The topological polar surface area (TPSA) is 79.3 Å². The van der Waals surface area contributed by atoms with Gasteiger partial charge in [-0.15, -0.1) is 0 Å². The molecule has 2 rings (SSSR count). The Labute approximate surface area is 130 Å². The largest absolute Gasteiger partial charge is 0.481 e. The third kappa shape index (κ3) is 4.00. The Morgan fingerprint density at radius 1 is 1.30 bits per heavy atom. The lowest BCUT2D eigenvalue weighted by Gasteiger charge is -2.29. The lowest BCUT2D eigenvalue weighted by atomic mass is 9.92. The van der Waals surface area contributed by atoms with Crippen LogP contribution in [-0.4, -0.2) is 27.5 Å². The number of carboxylic acid groups (broad SMARTS) is 1. The number of hydrogen-bond acceptors (Lipinski definition) is 3. The van der Waals surface area contributed by atoms with Crippen LogP contribution in [0.25, 0.3) is 0 Å². The molecule has 1 saturated carbocycles. The van der Waals surface area contributed by atoms with Gasteiger partial charge in [-0.1, -0.05) is 12.8 Å². The SMILES string of the molecule is Cc1nc(C(F)(F)F)ccc1C(=O)NC1(CC(=O)O)CCCC1. The number of pyridine rings is 1. The number of carboxylic acids is 1. The van der Waals surface area contributed by atoms with Crippen molar-refractivity contribution >= 4 is 11.9 Å². The van der Waals surface area contributed by atoms with E-state index >= 15 is 0 Å². The molecule has 126 valence electrons. The Morgan fingerprint density at radius 2 is 1.91 bits per heavy atom. The first kappa shape index (κ1) is 17.2. The molecule has 1 fully saturated rings. The summed E-state index contributed by atoms with van der Waals surface area (Å²) in [6.45, 7) is 1.32. The van der Waals surface area contributed by atoms with Gasteiger partial charge in [-0.3, -0.25) is 9.59 Å². The monoisotopic (exact) mass is 330 g/mol. The van der Waals surface area contributed by atoms with E-state index in [1.54, 1.807) is 0 Å². The summed E-state index contributed by atoms with van der Waals surface area (Å²) >= 11 is 0. The lowest BCUT2D eigenvalue weighted by molar-refractivity contribution is -0.141. The highest BCUT2D eigenvalue weighted by atomic mass is 19.4. The van der Waals surface area contributed by atoms with Crippen molar-refractivity contribution in [1.29, 1.82) is 0 Å². The lowest BCUT2D eigenvalue weighted by Crippen LogP contribution is -2.48. The molecule has 1 heterocycles. The van der Waals surface area contributed by atoms with Gasteiger partial charge in [0.1, 0.15) is 5.69 Å². The summed E-state index contributed by atoms with van der Waals surface area (Å²) in [6, 6.07) is 1.82. The summed E-state index contributed by atoms with van der Waals surface area (Å²) in [5.41, 5.74) is -1.92. The van der Waals surface area contributed by atoms with Crippen LogP contribution in [0, 0.1) is 6.92 Å². The van der Waals surface area contributed by atoms with Crippen LogP contribution in [0.5, 0.6) is 0 Å². The first-order valence-corrected chi connectivity index (χ1v) is 7.22. The molecule has 0 bridgehead atoms. The molecular formula is C15H17F3N2O3. The maximum absolute atomic E-state index is 12.6. The Balaban J connectivity index is 2.21. The summed E-state index contributed by atoms with van der Waals surface area (Å²) in [6.07, 6.45) is -2.09. The molecule has 5 nitrogen and oxygen atoms in total. The van der Waals surface area contributed by atoms with Crippen molar-refractivity contribution in [2.24, 2.45) is 0 Å². The normalized spacial score (nSPS) is 17.0. The predicted octanol–water partition coefficient (Wildman–Crippen LogP) is 2.93. The van der Waals surface area contributed by atoms with E-state index < -0.39 is 29.3 Å². The Hall–Kier alpha value is -2.12. The number of carbonyl (C=O) groups is 2. The maximum Gasteiger partial charge on any atom is 0.433 e. The number of aliphatic carboxylic acids is 1. The van der Waals surface area contributed by atoms with Crippen molar-refractivity contribution < 1.29 is 27.9 Å². The molecule has 0 aliphatic heterocycles. The van der Waals surface area contributed by atoms with Crippen molar-refractivity contribution in [3.05, 3.63) is 29.1 Å². The minimum Gasteiger partial charge on any atom is -0.481 e. The standard InChI is InChI=1S/C15H17F3N2O3/c1-9-10(4-5-11(19-9)15(16,17)18)13(23)20-14(8-12(21)22)6-2-3-7-14/h4-5H,2-3,6-8H2,1H3,(H,20,23)(H,21,22). The number of amides is 1. The number of halogens is 3. The van der Waals surface area contributed by atoms with E-state index in [2.05, 4.69) is 10.3 Å². The molecule has 8 heteroatoms. The van der Waals surface area contributed by atoms with Gasteiger partial charge in [0.2, 0.25) is 0 Å². The summed E-state index contributed by atoms with van der Waals surface area (Å²) in [5.74, 6) is -1.61. The highest BCUT2D eigenvalue weighted by molar-refractivity contribution is 5.96. The number of alkyl halides is 3. The molecule has 1 aliphatic rings. The van der Waals surface area contributed by atoms with Crippen molar-refractivity contribution in [3.8, 4) is 0 Å². The summed E-state index contributed by atoms with van der Waals surface area (Å²) in [4.78, 5) is 26.8. The molecule has 23 heavy (non-hydrogen) atoms. The van der Waals surface area contributed by atoms with Crippen LogP contribution in [0.15, 0.2) is 12.1 Å². The van der Waals surface area contributed by atoms with Gasteiger partial charge in [-0.05, 0) is 31.9 Å². The first-order valence-electron chi connectivity index (χ1n) is 7.22. The fraction of sp³-hybridized carbons (Fsp3) is 0.533. The molecule has 0 aromatic carbocycles. The van der Waals surface area contributed by atoms with Gasteiger partial charge in [0.05, 0.1) is 23.2 Å². The second kappa shape index (κ2) is 6.17. The second-order valence-electron chi connectivity index (χ2n) is 5.84. The number of nitrogens with zero attached hydrogens (tertiary/aromatic N) is 1. The van der Waals surface area contributed by atoms with E-state index in [0.29, 0.717) is 12.8 Å². The number of rotatable bonds is 4. The third-order valence-electron chi connectivity index (χ3n) is 4.05. The van der Waals surface area contributed by atoms with Gasteiger partial charge < -0.3 is 10.4 Å². The molecule has 1 amide bonds. The van der Waals surface area contributed by atoms with Crippen LogP contribution >= 0.6 is 0 Å². The number of hydrogen-bond donors (Lipinski definition) is 2. The van der Waals surface area contributed by atoms with Gasteiger partial charge in [-0.2, -0.15) is 13.2 Å². The van der Waals surface area contributed by atoms with E-state index in [9.17, 15) is 22.8 Å². The van der Waals surface area contributed by atoms with Gasteiger partial charge in [0.25, 0.3) is 5.91 Å². The van der Waals surface area contributed by atoms with Crippen molar-refractivity contribution in [2.75, 3.05) is 0 Å². The molecule has 0 unspecified atom stereocenters. The zero-order valence-electron chi connectivity index (χ0n) is 12.5. The average molecular weight is 330 g/mol. The number of carbonyl (C=O) groups excluding carboxylic acids is 1. The van der Waals surface area contributed by atoms with Gasteiger partial charge in [0.15, 0.2) is 0 Å². The minimum absolute atomic E-state index is 0.0228. The number of nitrogens with one attached hydrogen (secondary N) is 1. The Morgan fingerprint density at radius 3 is 2.39 bits per heavy atom. The van der Waals surface area contributed by atoms with Crippen LogP contribution < -0.4 is 5.32 Å². The van der Waals surface area contributed by atoms with Crippen LogP contribution in [0.1, 0.15) is 53.8 Å². The van der Waals surface area contributed by atoms with Crippen molar-refractivity contribution in [2.45, 2.75) is 50.7 Å². The zero-order valence-corrected chi connectivity index (χ0v) is 12.5. The van der Waals surface area contributed by atoms with E-state index in [1.807, 2.05) is 0 Å². The van der Waals surface area contributed by atoms with E-state index in [4.69, 9.17) is 5.11 Å². The number of aryl methyl sites for hydroxylation is 1. The van der Waals surface area contributed by atoms with Crippen molar-refractivity contribution in [1.82, 2.24) is 10.3 Å². The molecule has 0 saturated heterocycles. The second-order valence-corrected chi connectivity index (χ2v) is 5.84. The van der Waals surface area contributed by atoms with Crippen molar-refractivity contribution in [3.63, 3.8) is 0 Å². The molecule has 2 N–H and O–H groups in total. The third-order valence-corrected chi connectivity index (χ3v) is 4.05. The van der Waals surface area contributed by atoms with Crippen LogP contribution in [-0.2, 0) is 11.0 Å². The van der Waals surface area contributed by atoms with Gasteiger partial charge in [-0.25, -0.2) is 4.98 Å². The van der Waals surface area contributed by atoms with E-state index in [0.717, 1.165) is 25.0 Å². The molecule has 0 radical (unpaired) electrons.